The predicted molar refractivity (Wildman–Crippen MR) is 73.4 cm³/mol. The Hall–Kier alpha value is -0.940. The van der Waals surface area contributed by atoms with Gasteiger partial charge in [-0.1, -0.05) is 6.92 Å². The molecular formula is C13H17BrN2O2. The molecule has 1 aromatic rings. The first kappa shape index (κ1) is 13.5. The number of nitrogens with one attached hydrogen (secondary N) is 1. The lowest BCUT2D eigenvalue weighted by molar-refractivity contribution is -0.121. The van der Waals surface area contributed by atoms with Crippen molar-refractivity contribution in [2.24, 2.45) is 5.92 Å². The number of hydrogen-bond donors (Lipinski definition) is 1. The van der Waals surface area contributed by atoms with Gasteiger partial charge in [-0.05, 0) is 47.3 Å². The van der Waals surface area contributed by atoms with Gasteiger partial charge in [-0.25, -0.2) is 4.98 Å². The topological polar surface area (TPSA) is 51.2 Å². The Balaban J connectivity index is 2.04. The lowest BCUT2D eigenvalue weighted by Crippen LogP contribution is -2.29. The molecule has 98 valence electrons. The summed E-state index contributed by atoms with van der Waals surface area (Å²) in [6.07, 6.45) is 3.38. The van der Waals surface area contributed by atoms with E-state index in [9.17, 15) is 4.79 Å². The number of rotatable bonds is 3. The predicted octanol–water partition coefficient (Wildman–Crippen LogP) is 2.91. The highest BCUT2D eigenvalue weighted by atomic mass is 79.9. The molecule has 4 nitrogen and oxygen atoms in total. The van der Waals surface area contributed by atoms with Gasteiger partial charge in [0, 0.05) is 6.61 Å². The molecule has 0 radical (unpaired) electrons. The van der Waals surface area contributed by atoms with Crippen LogP contribution in [0.5, 0.6) is 0 Å². The Kier molecular flexibility index (Phi) is 4.35. The number of aromatic nitrogens is 1. The van der Waals surface area contributed by atoms with Gasteiger partial charge in [0.2, 0.25) is 5.91 Å². The fraction of sp³-hybridized carbons (Fsp3) is 0.538. The Morgan fingerprint density at radius 2 is 2.44 bits per heavy atom. The summed E-state index contributed by atoms with van der Waals surface area (Å²) in [5.74, 6) is -0.0122. The first-order chi connectivity index (χ1) is 8.61. The van der Waals surface area contributed by atoms with Crippen molar-refractivity contribution in [2.75, 3.05) is 11.9 Å². The van der Waals surface area contributed by atoms with Gasteiger partial charge in [0.25, 0.3) is 0 Å². The van der Waals surface area contributed by atoms with Crippen LogP contribution in [0, 0.1) is 12.8 Å². The second kappa shape index (κ2) is 5.80. The van der Waals surface area contributed by atoms with Crippen molar-refractivity contribution in [3.05, 3.63) is 22.4 Å². The molecule has 1 amide bonds. The second-order valence-corrected chi connectivity index (χ2v) is 5.28. The van der Waals surface area contributed by atoms with Crippen molar-refractivity contribution in [3.8, 4) is 0 Å². The number of ether oxygens (including phenoxy) is 1. The van der Waals surface area contributed by atoms with Gasteiger partial charge in [-0.2, -0.15) is 0 Å². The zero-order chi connectivity index (χ0) is 13.1. The third-order valence-electron chi connectivity index (χ3n) is 3.23. The van der Waals surface area contributed by atoms with Crippen LogP contribution in [0.2, 0.25) is 0 Å². The monoisotopic (exact) mass is 312 g/mol. The third-order valence-corrected chi connectivity index (χ3v) is 4.06. The van der Waals surface area contributed by atoms with Crippen LogP contribution in [0.4, 0.5) is 5.69 Å². The molecule has 5 heteroatoms. The number of carbonyl (C=O) groups excluding carboxylic acids is 1. The van der Waals surface area contributed by atoms with Crippen molar-refractivity contribution in [1.82, 2.24) is 4.98 Å². The smallest absolute Gasteiger partial charge is 0.230 e. The summed E-state index contributed by atoms with van der Waals surface area (Å²) < 4.78 is 6.33. The van der Waals surface area contributed by atoms with Crippen LogP contribution < -0.4 is 5.32 Å². The van der Waals surface area contributed by atoms with Gasteiger partial charge in [0.15, 0.2) is 0 Å². The molecule has 1 fully saturated rings. The van der Waals surface area contributed by atoms with E-state index in [0.29, 0.717) is 6.61 Å². The lowest BCUT2D eigenvalue weighted by Gasteiger charge is -2.16. The van der Waals surface area contributed by atoms with Crippen LogP contribution in [-0.2, 0) is 9.53 Å². The first-order valence-corrected chi connectivity index (χ1v) is 6.95. The fourth-order valence-corrected chi connectivity index (χ4v) is 2.43. The Morgan fingerprint density at radius 1 is 1.67 bits per heavy atom. The van der Waals surface area contributed by atoms with Crippen LogP contribution in [0.25, 0.3) is 0 Å². The van der Waals surface area contributed by atoms with E-state index in [1.165, 1.54) is 0 Å². The SMILES string of the molecule is CCC1OCCC1C(=O)Nc1cnc(Br)c(C)c1. The summed E-state index contributed by atoms with van der Waals surface area (Å²) in [4.78, 5) is 16.3. The molecule has 0 spiro atoms. The third kappa shape index (κ3) is 2.90. The Morgan fingerprint density at radius 3 is 3.11 bits per heavy atom. The minimum absolute atomic E-state index is 0.0304. The Bertz CT molecular complexity index is 451. The number of anilines is 1. The van der Waals surface area contributed by atoms with E-state index >= 15 is 0 Å². The number of hydrogen-bond acceptors (Lipinski definition) is 3. The van der Waals surface area contributed by atoms with Gasteiger partial charge in [-0.15, -0.1) is 0 Å². The number of aryl methyl sites for hydroxylation is 1. The van der Waals surface area contributed by atoms with Crippen molar-refractivity contribution in [1.29, 1.82) is 0 Å². The highest BCUT2D eigenvalue weighted by molar-refractivity contribution is 9.10. The highest BCUT2D eigenvalue weighted by Crippen LogP contribution is 2.25. The van der Waals surface area contributed by atoms with Gasteiger partial charge < -0.3 is 10.1 Å². The van der Waals surface area contributed by atoms with Gasteiger partial charge in [-0.3, -0.25) is 4.79 Å². The van der Waals surface area contributed by atoms with E-state index in [4.69, 9.17) is 4.74 Å². The van der Waals surface area contributed by atoms with Gasteiger partial charge in [0.1, 0.15) is 4.60 Å². The zero-order valence-corrected chi connectivity index (χ0v) is 12.2. The zero-order valence-electron chi connectivity index (χ0n) is 10.6. The fourth-order valence-electron chi connectivity index (χ4n) is 2.21. The van der Waals surface area contributed by atoms with E-state index in [-0.39, 0.29) is 17.9 Å². The number of pyridine rings is 1. The molecule has 0 saturated carbocycles. The molecule has 0 aromatic carbocycles. The standard InChI is InChI=1S/C13H17BrN2O2/c1-3-11-10(4-5-18-11)13(17)16-9-6-8(2)12(14)15-7-9/h6-7,10-11H,3-5H2,1-2H3,(H,16,17). The van der Waals surface area contributed by atoms with E-state index in [1.807, 2.05) is 19.9 Å². The molecule has 2 rings (SSSR count). The lowest BCUT2D eigenvalue weighted by atomic mass is 9.98. The molecule has 0 aliphatic carbocycles. The maximum atomic E-state index is 12.1. The van der Waals surface area contributed by atoms with E-state index < -0.39 is 0 Å². The van der Waals surface area contributed by atoms with Crippen LogP contribution >= 0.6 is 15.9 Å². The number of halogens is 1. The summed E-state index contributed by atoms with van der Waals surface area (Å²) in [5.41, 5.74) is 1.74. The largest absolute Gasteiger partial charge is 0.377 e. The van der Waals surface area contributed by atoms with E-state index in [1.54, 1.807) is 6.20 Å². The summed E-state index contributed by atoms with van der Waals surface area (Å²) in [5, 5.41) is 2.91. The summed E-state index contributed by atoms with van der Waals surface area (Å²) in [6, 6.07) is 1.91. The van der Waals surface area contributed by atoms with Crippen molar-refractivity contribution in [2.45, 2.75) is 32.8 Å². The van der Waals surface area contributed by atoms with Crippen molar-refractivity contribution in [3.63, 3.8) is 0 Å². The van der Waals surface area contributed by atoms with Crippen LogP contribution in [-0.4, -0.2) is 23.6 Å². The molecular weight excluding hydrogens is 296 g/mol. The maximum Gasteiger partial charge on any atom is 0.230 e. The van der Waals surface area contributed by atoms with Crippen LogP contribution in [0.1, 0.15) is 25.3 Å². The number of nitrogens with zero attached hydrogens (tertiary/aromatic N) is 1. The minimum atomic E-state index is -0.0426. The molecule has 2 unspecified atom stereocenters. The average Bonchev–Trinajstić information content (AvgIpc) is 2.82. The quantitative estimate of drug-likeness (QED) is 0.873. The number of carbonyl (C=O) groups is 1. The molecule has 1 aliphatic rings. The van der Waals surface area contributed by atoms with Crippen molar-refractivity contribution < 1.29 is 9.53 Å². The van der Waals surface area contributed by atoms with Crippen molar-refractivity contribution >= 4 is 27.5 Å². The van der Waals surface area contributed by atoms with Gasteiger partial charge >= 0.3 is 0 Å². The van der Waals surface area contributed by atoms with Crippen LogP contribution in [0.15, 0.2) is 16.9 Å². The molecule has 1 N–H and O–H groups in total. The van der Waals surface area contributed by atoms with E-state index in [0.717, 1.165) is 28.7 Å². The van der Waals surface area contributed by atoms with Gasteiger partial charge in [0.05, 0.1) is 23.9 Å². The molecule has 18 heavy (non-hydrogen) atoms. The maximum absolute atomic E-state index is 12.1. The molecule has 2 atom stereocenters. The first-order valence-electron chi connectivity index (χ1n) is 6.16. The molecule has 0 bridgehead atoms. The summed E-state index contributed by atoms with van der Waals surface area (Å²) in [7, 11) is 0. The highest BCUT2D eigenvalue weighted by Gasteiger charge is 2.32. The normalized spacial score (nSPS) is 23.1. The molecule has 1 saturated heterocycles. The molecule has 2 heterocycles. The minimum Gasteiger partial charge on any atom is -0.377 e. The number of amides is 1. The second-order valence-electron chi connectivity index (χ2n) is 4.53. The Labute approximate surface area is 115 Å². The van der Waals surface area contributed by atoms with E-state index in [2.05, 4.69) is 26.2 Å². The molecule has 1 aliphatic heterocycles. The van der Waals surface area contributed by atoms with Crippen LogP contribution in [0.3, 0.4) is 0 Å². The average molecular weight is 313 g/mol. The summed E-state index contributed by atoms with van der Waals surface area (Å²) in [6.45, 7) is 4.66. The summed E-state index contributed by atoms with van der Waals surface area (Å²) >= 11 is 3.34. The molecule has 1 aromatic heterocycles.